The topological polar surface area (TPSA) is 54.4 Å². The first-order valence-electron chi connectivity index (χ1n) is 3.84. The van der Waals surface area contributed by atoms with Gasteiger partial charge in [0.15, 0.2) is 0 Å². The van der Waals surface area contributed by atoms with Crippen molar-refractivity contribution >= 4 is 39.7 Å². The molecule has 0 bridgehead atoms. The first-order chi connectivity index (χ1) is 5.13. The number of hydrogen-bond acceptors (Lipinski definition) is 2. The van der Waals surface area contributed by atoms with Crippen molar-refractivity contribution in [3.8, 4) is 0 Å². The third-order valence-corrected chi connectivity index (χ3v) is 0.400. The summed E-state index contributed by atoms with van der Waals surface area (Å²) in [4.78, 5) is 19.5. The van der Waals surface area contributed by atoms with Crippen LogP contribution in [0.25, 0.3) is 0 Å². The molecule has 4 heteroatoms. The Kier molecular flexibility index (Phi) is 8.10. The molecule has 0 aromatic heterocycles. The van der Waals surface area contributed by atoms with Crippen LogP contribution in [-0.4, -0.2) is 44.8 Å². The molecular weight excluding hydrogens is 167 g/mol. The summed E-state index contributed by atoms with van der Waals surface area (Å²) in [7, 11) is 0. The van der Waals surface area contributed by atoms with Crippen molar-refractivity contribution < 1.29 is 14.7 Å². The molecule has 12 heavy (non-hydrogen) atoms. The van der Waals surface area contributed by atoms with Gasteiger partial charge in [-0.15, -0.1) is 0 Å². The van der Waals surface area contributed by atoms with Gasteiger partial charge in [0.2, 0.25) is 0 Å². The van der Waals surface area contributed by atoms with E-state index in [1.807, 2.05) is 0 Å². The van der Waals surface area contributed by atoms with E-state index in [0.717, 1.165) is 0 Å². The van der Waals surface area contributed by atoms with E-state index in [1.165, 1.54) is 34.9 Å². The molecule has 3 nitrogen and oxygen atoms in total. The average Bonchev–Trinajstić information content (AvgIpc) is 1.52. The van der Waals surface area contributed by atoms with Crippen LogP contribution in [0.2, 0.25) is 2.66 Å². The van der Waals surface area contributed by atoms with Gasteiger partial charge in [-0.3, -0.25) is 9.59 Å². The van der Waals surface area contributed by atoms with E-state index in [9.17, 15) is 9.59 Å². The van der Waals surface area contributed by atoms with Crippen LogP contribution in [0.1, 0.15) is 34.1 Å². The molecule has 0 rings (SSSR count). The molecular formula is C8H15NaO3. The number of hydrogen-bond donors (Lipinski definition) is 1. The van der Waals surface area contributed by atoms with Gasteiger partial charge in [0, 0.05) is 0 Å². The number of carbonyl (C=O) groups excluding carboxylic acids is 1. The Morgan fingerprint density at radius 2 is 1.58 bits per heavy atom. The first kappa shape index (κ1) is 14.7. The van der Waals surface area contributed by atoms with Crippen LogP contribution in [0.5, 0.6) is 0 Å². The summed E-state index contributed by atoms with van der Waals surface area (Å²) in [6.45, 7) is 7.99. The molecule has 0 saturated heterocycles. The second kappa shape index (κ2) is 6.63. The van der Waals surface area contributed by atoms with Gasteiger partial charge in [-0.25, -0.2) is 0 Å². The monoisotopic (exact) mass is 182 g/mol. The van der Waals surface area contributed by atoms with Crippen LogP contribution in [0.4, 0.5) is 0 Å². The maximum absolute atomic E-state index is 9.87. The van der Waals surface area contributed by atoms with Crippen LogP contribution in [-0.2, 0) is 9.59 Å². The predicted octanol–water partition coefficient (Wildman–Crippen LogP) is 1.42. The number of aliphatic carboxylic acids is 1. The zero-order valence-corrected chi connectivity index (χ0v) is 10.5. The van der Waals surface area contributed by atoms with E-state index >= 15 is 0 Å². The number of carboxylic acid groups (broad SMARTS) is 1. The molecule has 0 aromatic carbocycles. The van der Waals surface area contributed by atoms with E-state index in [-0.39, 0.29) is 12.2 Å². The van der Waals surface area contributed by atoms with Crippen LogP contribution in [0.3, 0.4) is 0 Å². The van der Waals surface area contributed by atoms with Crippen LogP contribution < -0.4 is 0 Å². The summed E-state index contributed by atoms with van der Waals surface area (Å²) in [5.41, 5.74) is 0. The van der Waals surface area contributed by atoms with E-state index in [1.54, 1.807) is 0 Å². The van der Waals surface area contributed by atoms with Crippen molar-refractivity contribution in [2.45, 2.75) is 36.8 Å². The first-order valence-corrected chi connectivity index (χ1v) is 4.84. The molecule has 0 atom stereocenters. The third-order valence-electron chi connectivity index (χ3n) is 0.400. The Morgan fingerprint density at radius 3 is 1.58 bits per heavy atom. The van der Waals surface area contributed by atoms with Crippen molar-refractivity contribution in [1.29, 1.82) is 0 Å². The fraction of sp³-hybridized carbons (Fsp3) is 0.750. The minimum absolute atomic E-state index is 0.312. The second-order valence-electron chi connectivity index (χ2n) is 4.27. The molecule has 0 aliphatic rings. The fourth-order valence-corrected chi connectivity index (χ4v) is 0.213. The molecule has 66 valence electrons. The van der Waals surface area contributed by atoms with Crippen molar-refractivity contribution in [3.63, 3.8) is 0 Å². The van der Waals surface area contributed by atoms with Gasteiger partial charge < -0.3 is 5.11 Å². The molecule has 0 amide bonds. The minimum atomic E-state index is -1.06. The van der Waals surface area contributed by atoms with Crippen molar-refractivity contribution in [3.05, 3.63) is 0 Å². The molecule has 0 radical (unpaired) electrons. The van der Waals surface area contributed by atoms with Crippen molar-refractivity contribution in [2.24, 2.45) is 0 Å². The van der Waals surface area contributed by atoms with Crippen LogP contribution in [0.15, 0.2) is 0 Å². The normalized spacial score (nSPS) is 9.83. The number of ketones is 1. The summed E-state index contributed by atoms with van der Waals surface area (Å²) >= 11 is 1.31. The van der Waals surface area contributed by atoms with Crippen molar-refractivity contribution in [2.75, 3.05) is 0 Å². The second-order valence-corrected chi connectivity index (χ2v) is 7.27. The zero-order valence-electron chi connectivity index (χ0n) is 8.47. The average molecular weight is 182 g/mol. The molecule has 0 aliphatic heterocycles. The summed E-state index contributed by atoms with van der Waals surface area (Å²) in [5, 5.41) is 7.86. The summed E-state index contributed by atoms with van der Waals surface area (Å²) < 4.78 is 0.639. The number of carboxylic acids is 1. The third kappa shape index (κ3) is 49.4. The Hall–Kier alpha value is 0.140. The van der Waals surface area contributed by atoms with Crippen LogP contribution in [0, 0.1) is 0 Å². The standard InChI is InChI=1S/C4H6O3.C4H9.Na/c1-3(5)2-4(6)7;1-4(2)3;/h2H2,1H3,(H,6,7);1-3H3;. The van der Waals surface area contributed by atoms with Gasteiger partial charge in [0.25, 0.3) is 0 Å². The van der Waals surface area contributed by atoms with Gasteiger partial charge in [-0.2, -0.15) is 0 Å². The summed E-state index contributed by atoms with van der Waals surface area (Å²) in [6, 6.07) is 0. The molecule has 0 spiro atoms. The number of rotatable bonds is 2. The molecule has 0 unspecified atom stereocenters. The van der Waals surface area contributed by atoms with Crippen molar-refractivity contribution in [1.82, 2.24) is 0 Å². The van der Waals surface area contributed by atoms with Gasteiger partial charge >= 0.3 is 57.3 Å². The van der Waals surface area contributed by atoms with E-state index in [2.05, 4.69) is 20.8 Å². The molecule has 1 N–H and O–H groups in total. The quantitative estimate of drug-likeness (QED) is 0.519. The van der Waals surface area contributed by atoms with Gasteiger partial charge in [0.05, 0.1) is 0 Å². The number of Topliss-reactive ketones (excluding diaryl/α,β-unsaturated/α-hetero) is 1. The maximum atomic E-state index is 9.87. The SMILES string of the molecule is CC(=O)CC(=O)O.C[C](C)(C)[Na]. The Balaban J connectivity index is 0. The molecule has 0 saturated carbocycles. The number of carbonyl (C=O) groups is 2. The van der Waals surface area contributed by atoms with E-state index in [4.69, 9.17) is 5.11 Å². The molecule has 0 fully saturated rings. The molecule has 0 aromatic rings. The van der Waals surface area contributed by atoms with Gasteiger partial charge in [0.1, 0.15) is 12.2 Å². The summed E-state index contributed by atoms with van der Waals surface area (Å²) in [6.07, 6.45) is -0.361. The Morgan fingerprint density at radius 1 is 1.33 bits per heavy atom. The van der Waals surface area contributed by atoms with Gasteiger partial charge in [-0.05, 0) is 6.92 Å². The van der Waals surface area contributed by atoms with E-state index < -0.39 is 5.97 Å². The van der Waals surface area contributed by atoms with Crippen LogP contribution >= 0.6 is 0 Å². The Bertz CT molecular complexity index is 140. The molecule has 0 heterocycles. The summed E-state index contributed by atoms with van der Waals surface area (Å²) in [5.74, 6) is -1.37. The van der Waals surface area contributed by atoms with Gasteiger partial charge in [-0.1, -0.05) is 0 Å². The van der Waals surface area contributed by atoms with E-state index in [0.29, 0.717) is 2.66 Å². The zero-order chi connectivity index (χ0) is 10.4. The fourth-order valence-electron chi connectivity index (χ4n) is 0.213. The molecule has 0 aliphatic carbocycles. The predicted molar refractivity (Wildman–Crippen MR) is 48.4 cm³/mol. The Labute approximate surface area is 91.0 Å².